The van der Waals surface area contributed by atoms with E-state index in [4.69, 9.17) is 4.74 Å². The molecule has 0 bridgehead atoms. The Balaban J connectivity index is 2.45. The minimum Gasteiger partial charge on any atom is -0.364 e. The van der Waals surface area contributed by atoms with Crippen molar-refractivity contribution in [1.29, 1.82) is 0 Å². The molecule has 0 fully saturated rings. The molecule has 4 nitrogen and oxygen atoms in total. The summed E-state index contributed by atoms with van der Waals surface area (Å²) in [5.74, 6) is -0.672. The van der Waals surface area contributed by atoms with Gasteiger partial charge in [-0.25, -0.2) is 0 Å². The number of rotatable bonds is 5. The Morgan fingerprint density at radius 1 is 1.28 bits per heavy atom. The van der Waals surface area contributed by atoms with E-state index in [0.717, 1.165) is 11.1 Å². The highest BCUT2D eigenvalue weighted by molar-refractivity contribution is 6.33. The Kier molecular flexibility index (Phi) is 3.69. The van der Waals surface area contributed by atoms with Crippen molar-refractivity contribution in [1.82, 2.24) is 4.57 Å². The molecule has 18 heavy (non-hydrogen) atoms. The van der Waals surface area contributed by atoms with E-state index in [2.05, 4.69) is 0 Å². The third-order valence-corrected chi connectivity index (χ3v) is 2.60. The van der Waals surface area contributed by atoms with Crippen molar-refractivity contribution in [3.8, 4) is 11.1 Å². The Labute approximate surface area is 105 Å². The molecule has 0 aliphatic heterocycles. The van der Waals surface area contributed by atoms with Crippen molar-refractivity contribution in [3.63, 3.8) is 0 Å². The van der Waals surface area contributed by atoms with Crippen LogP contribution in [0, 0.1) is 0 Å². The fourth-order valence-electron chi connectivity index (χ4n) is 1.79. The first-order valence-corrected chi connectivity index (χ1v) is 5.43. The molecule has 2 rings (SSSR count). The van der Waals surface area contributed by atoms with Crippen LogP contribution < -0.4 is 0 Å². The molecule has 0 spiro atoms. The van der Waals surface area contributed by atoms with Crippen LogP contribution in [0.25, 0.3) is 11.1 Å². The first-order valence-electron chi connectivity index (χ1n) is 5.43. The minimum absolute atomic E-state index is 0.218. The van der Waals surface area contributed by atoms with Crippen LogP contribution in [0.2, 0.25) is 0 Å². The molecule has 0 N–H and O–H groups in total. The zero-order valence-corrected chi connectivity index (χ0v) is 9.92. The summed E-state index contributed by atoms with van der Waals surface area (Å²) in [6.07, 6.45) is 3.16. The maximum Gasteiger partial charge on any atom is 0.279 e. The first kappa shape index (κ1) is 12.3. The van der Waals surface area contributed by atoms with Crippen LogP contribution in [0.3, 0.4) is 0 Å². The number of ether oxygens (including phenoxy) is 1. The minimum atomic E-state index is -0.672. The molecule has 0 saturated carbocycles. The number of aromatic nitrogens is 1. The summed E-state index contributed by atoms with van der Waals surface area (Å²) in [7, 11) is 1.53. The lowest BCUT2D eigenvalue weighted by Crippen LogP contribution is -2.10. The summed E-state index contributed by atoms with van der Waals surface area (Å²) in [5.41, 5.74) is 2.13. The summed E-state index contributed by atoms with van der Waals surface area (Å²) in [4.78, 5) is 21.9. The molecule has 0 saturated heterocycles. The number of ketones is 1. The van der Waals surface area contributed by atoms with E-state index in [1.54, 1.807) is 16.8 Å². The number of benzene rings is 1. The van der Waals surface area contributed by atoms with Gasteiger partial charge in [0.25, 0.3) is 12.1 Å². The maximum atomic E-state index is 11.5. The quantitative estimate of drug-likeness (QED) is 0.595. The van der Waals surface area contributed by atoms with Gasteiger partial charge >= 0.3 is 0 Å². The number of carbonyl (C=O) groups excluding carboxylic acids is 2. The van der Waals surface area contributed by atoms with E-state index in [1.807, 2.05) is 30.3 Å². The Hall–Kier alpha value is -2.20. The van der Waals surface area contributed by atoms with Crippen molar-refractivity contribution in [3.05, 3.63) is 48.3 Å². The van der Waals surface area contributed by atoms with Crippen LogP contribution in [0.5, 0.6) is 0 Å². The number of hydrogen-bond acceptors (Lipinski definition) is 3. The lowest BCUT2D eigenvalue weighted by Gasteiger charge is -2.03. The van der Waals surface area contributed by atoms with Crippen LogP contribution in [0.1, 0.15) is 10.5 Å². The molecule has 4 heteroatoms. The largest absolute Gasteiger partial charge is 0.364 e. The summed E-state index contributed by atoms with van der Waals surface area (Å²) in [5, 5.41) is 0. The van der Waals surface area contributed by atoms with E-state index in [-0.39, 0.29) is 12.4 Å². The SMILES string of the molecule is COCn1cc(-c2ccccc2)cc1C(=O)[C]=O. The average molecular weight is 242 g/mol. The van der Waals surface area contributed by atoms with Crippen molar-refractivity contribution in [2.24, 2.45) is 0 Å². The molecular weight excluding hydrogens is 230 g/mol. The molecule has 0 aliphatic rings. The van der Waals surface area contributed by atoms with E-state index in [0.29, 0.717) is 0 Å². The van der Waals surface area contributed by atoms with Gasteiger partial charge in [-0.05, 0) is 11.6 Å². The van der Waals surface area contributed by atoms with Crippen LogP contribution in [-0.4, -0.2) is 23.7 Å². The second-order valence-corrected chi connectivity index (χ2v) is 3.80. The zero-order chi connectivity index (χ0) is 13.0. The Bertz CT molecular complexity index is 558. The Morgan fingerprint density at radius 3 is 2.61 bits per heavy atom. The number of carbonyl (C=O) groups is 1. The third kappa shape index (κ3) is 2.38. The van der Waals surface area contributed by atoms with Crippen LogP contribution in [0.4, 0.5) is 0 Å². The normalized spacial score (nSPS) is 10.3. The summed E-state index contributed by atoms with van der Waals surface area (Å²) < 4.78 is 6.59. The smallest absolute Gasteiger partial charge is 0.279 e. The van der Waals surface area contributed by atoms with Gasteiger partial charge in [0.1, 0.15) is 6.73 Å². The highest BCUT2D eigenvalue weighted by Crippen LogP contribution is 2.22. The summed E-state index contributed by atoms with van der Waals surface area (Å²) in [6, 6.07) is 11.3. The molecule has 0 unspecified atom stereocenters. The predicted molar refractivity (Wildman–Crippen MR) is 66.9 cm³/mol. The fraction of sp³-hybridized carbons (Fsp3) is 0.143. The summed E-state index contributed by atoms with van der Waals surface area (Å²) in [6.45, 7) is 0.218. The third-order valence-electron chi connectivity index (χ3n) is 2.60. The number of hydrogen-bond donors (Lipinski definition) is 0. The van der Waals surface area contributed by atoms with Gasteiger partial charge in [0.05, 0.1) is 5.69 Å². The van der Waals surface area contributed by atoms with Crippen LogP contribution >= 0.6 is 0 Å². The van der Waals surface area contributed by atoms with Crippen LogP contribution in [0.15, 0.2) is 42.6 Å². The first-order chi connectivity index (χ1) is 8.76. The van der Waals surface area contributed by atoms with Gasteiger partial charge in [-0.3, -0.25) is 9.59 Å². The fourth-order valence-corrected chi connectivity index (χ4v) is 1.79. The van der Waals surface area contributed by atoms with Crippen LogP contribution in [-0.2, 0) is 16.3 Å². The van der Waals surface area contributed by atoms with E-state index in [9.17, 15) is 9.59 Å². The molecule has 0 amide bonds. The summed E-state index contributed by atoms with van der Waals surface area (Å²) >= 11 is 0. The highest BCUT2D eigenvalue weighted by Gasteiger charge is 2.14. The standard InChI is InChI=1S/C14H12NO3/c1-18-10-15-8-12(7-13(15)14(17)9-16)11-5-3-2-4-6-11/h2-8H,10H2,1H3. The molecule has 1 heterocycles. The van der Waals surface area contributed by atoms with E-state index < -0.39 is 5.78 Å². The van der Waals surface area contributed by atoms with Gasteiger partial charge in [0.15, 0.2) is 0 Å². The number of nitrogens with zero attached hydrogens (tertiary/aromatic N) is 1. The topological polar surface area (TPSA) is 48.3 Å². The van der Waals surface area contributed by atoms with Gasteiger partial charge in [-0.1, -0.05) is 30.3 Å². The monoisotopic (exact) mass is 242 g/mol. The molecule has 2 aromatic rings. The molecular formula is C14H12NO3. The second kappa shape index (κ2) is 5.42. The predicted octanol–water partition coefficient (Wildman–Crippen LogP) is 2.05. The van der Waals surface area contributed by atoms with Gasteiger partial charge in [0.2, 0.25) is 0 Å². The zero-order valence-electron chi connectivity index (χ0n) is 9.92. The Morgan fingerprint density at radius 2 is 2.00 bits per heavy atom. The number of Topliss-reactive ketones (excluding diaryl/α,β-unsaturated/α-hetero) is 1. The lowest BCUT2D eigenvalue weighted by atomic mass is 10.1. The van der Waals surface area contributed by atoms with Gasteiger partial charge in [-0.2, -0.15) is 0 Å². The molecule has 91 valence electrons. The van der Waals surface area contributed by atoms with E-state index >= 15 is 0 Å². The molecule has 0 aliphatic carbocycles. The molecule has 1 radical (unpaired) electrons. The van der Waals surface area contributed by atoms with E-state index in [1.165, 1.54) is 13.4 Å². The van der Waals surface area contributed by atoms with Crippen molar-refractivity contribution < 1.29 is 14.3 Å². The van der Waals surface area contributed by atoms with Crippen molar-refractivity contribution in [2.45, 2.75) is 6.73 Å². The lowest BCUT2D eigenvalue weighted by molar-refractivity contribution is 0.101. The van der Waals surface area contributed by atoms with Gasteiger partial charge in [0, 0.05) is 18.9 Å². The highest BCUT2D eigenvalue weighted by atomic mass is 16.5. The second-order valence-electron chi connectivity index (χ2n) is 3.80. The van der Waals surface area contributed by atoms with Crippen molar-refractivity contribution >= 4 is 12.1 Å². The molecule has 1 aromatic carbocycles. The average Bonchev–Trinajstić information content (AvgIpc) is 2.83. The van der Waals surface area contributed by atoms with Gasteiger partial charge in [-0.15, -0.1) is 0 Å². The van der Waals surface area contributed by atoms with Crippen molar-refractivity contribution in [2.75, 3.05) is 7.11 Å². The molecule has 1 aromatic heterocycles. The number of methoxy groups -OCH3 is 1. The molecule has 0 atom stereocenters. The maximum absolute atomic E-state index is 11.5. The van der Waals surface area contributed by atoms with Gasteiger partial charge < -0.3 is 9.30 Å².